The third-order valence-corrected chi connectivity index (χ3v) is 6.09. The van der Waals surface area contributed by atoms with E-state index in [1.807, 2.05) is 0 Å². The van der Waals surface area contributed by atoms with E-state index in [1.54, 1.807) is 4.31 Å². The van der Waals surface area contributed by atoms with Crippen molar-refractivity contribution in [2.24, 2.45) is 17.3 Å². The molecule has 0 aliphatic carbocycles. The Bertz CT molecular complexity index is 388. The summed E-state index contributed by atoms with van der Waals surface area (Å²) in [5.74, 6) is 1.21. The van der Waals surface area contributed by atoms with Crippen LogP contribution in [-0.2, 0) is 10.0 Å². The average Bonchev–Trinajstić information content (AvgIpc) is 2.22. The predicted molar refractivity (Wildman–Crippen MR) is 73.9 cm³/mol. The molecule has 4 nitrogen and oxygen atoms in total. The van der Waals surface area contributed by atoms with Gasteiger partial charge in [0, 0.05) is 26.2 Å². The van der Waals surface area contributed by atoms with Gasteiger partial charge in [-0.2, -0.15) is 0 Å². The van der Waals surface area contributed by atoms with Crippen LogP contribution in [0.3, 0.4) is 0 Å². The molecular formula is C13H26N2O2S. The zero-order valence-corrected chi connectivity index (χ0v) is 12.6. The van der Waals surface area contributed by atoms with Crippen molar-refractivity contribution in [3.8, 4) is 0 Å². The molecule has 0 bridgehead atoms. The Morgan fingerprint density at radius 2 is 2.06 bits per heavy atom. The van der Waals surface area contributed by atoms with Crippen LogP contribution >= 0.6 is 0 Å². The lowest BCUT2D eigenvalue weighted by Gasteiger charge is -2.49. The number of nitrogens with one attached hydrogen (secondary N) is 1. The summed E-state index contributed by atoms with van der Waals surface area (Å²) in [6.07, 6.45) is 4.70. The first-order valence-corrected chi connectivity index (χ1v) is 8.84. The first-order valence-electron chi connectivity index (χ1n) is 6.99. The summed E-state index contributed by atoms with van der Waals surface area (Å²) in [6.45, 7) is 8.21. The molecule has 0 aromatic carbocycles. The molecule has 2 heterocycles. The topological polar surface area (TPSA) is 49.4 Å². The van der Waals surface area contributed by atoms with Crippen molar-refractivity contribution in [1.82, 2.24) is 9.62 Å². The molecule has 0 saturated carbocycles. The lowest BCUT2D eigenvalue weighted by molar-refractivity contribution is 0.0519. The lowest BCUT2D eigenvalue weighted by Crippen LogP contribution is -2.58. The van der Waals surface area contributed by atoms with Crippen molar-refractivity contribution in [3.05, 3.63) is 0 Å². The molecule has 1 atom stereocenters. The third-order valence-electron chi connectivity index (χ3n) is 4.82. The predicted octanol–water partition coefficient (Wildman–Crippen LogP) is 1.29. The van der Waals surface area contributed by atoms with Crippen LogP contribution in [0, 0.1) is 17.3 Å². The van der Waals surface area contributed by atoms with Crippen LogP contribution in [0.2, 0.25) is 0 Å². The van der Waals surface area contributed by atoms with E-state index in [0.717, 1.165) is 26.1 Å². The van der Waals surface area contributed by atoms with E-state index in [9.17, 15) is 8.42 Å². The highest BCUT2D eigenvalue weighted by Gasteiger charge is 2.42. The molecule has 18 heavy (non-hydrogen) atoms. The fourth-order valence-electron chi connectivity index (χ4n) is 3.30. The minimum Gasteiger partial charge on any atom is -0.316 e. The maximum atomic E-state index is 11.6. The normalized spacial score (nSPS) is 29.2. The van der Waals surface area contributed by atoms with Gasteiger partial charge in [-0.3, -0.25) is 0 Å². The van der Waals surface area contributed by atoms with Crippen LogP contribution in [0.1, 0.15) is 33.1 Å². The van der Waals surface area contributed by atoms with Gasteiger partial charge in [-0.25, -0.2) is 12.7 Å². The molecular weight excluding hydrogens is 248 g/mol. The molecule has 1 N–H and O–H groups in total. The fraction of sp³-hybridized carbons (Fsp3) is 1.00. The molecule has 0 radical (unpaired) electrons. The molecule has 0 aromatic heterocycles. The van der Waals surface area contributed by atoms with E-state index in [1.165, 1.54) is 19.1 Å². The van der Waals surface area contributed by atoms with Gasteiger partial charge in [-0.15, -0.1) is 0 Å². The highest BCUT2D eigenvalue weighted by Crippen LogP contribution is 2.40. The first-order chi connectivity index (χ1) is 8.33. The number of rotatable bonds is 4. The molecule has 0 aromatic rings. The minimum absolute atomic E-state index is 0.408. The highest BCUT2D eigenvalue weighted by atomic mass is 32.2. The Morgan fingerprint density at radius 1 is 1.39 bits per heavy atom. The second-order valence-corrected chi connectivity index (χ2v) is 8.44. The summed E-state index contributed by atoms with van der Waals surface area (Å²) >= 11 is 0. The van der Waals surface area contributed by atoms with Crippen LogP contribution in [0.5, 0.6) is 0 Å². The van der Waals surface area contributed by atoms with E-state index < -0.39 is 10.0 Å². The van der Waals surface area contributed by atoms with Gasteiger partial charge in [0.1, 0.15) is 0 Å². The van der Waals surface area contributed by atoms with Crippen LogP contribution in [0.15, 0.2) is 0 Å². The monoisotopic (exact) mass is 274 g/mol. The summed E-state index contributed by atoms with van der Waals surface area (Å²) in [6, 6.07) is 0. The summed E-state index contributed by atoms with van der Waals surface area (Å²) in [7, 11) is -3.01. The van der Waals surface area contributed by atoms with Crippen molar-refractivity contribution in [2.75, 3.05) is 32.4 Å². The van der Waals surface area contributed by atoms with Crippen molar-refractivity contribution < 1.29 is 8.42 Å². The lowest BCUT2D eigenvalue weighted by atomic mass is 9.66. The summed E-state index contributed by atoms with van der Waals surface area (Å²) in [4.78, 5) is 0. The van der Waals surface area contributed by atoms with Gasteiger partial charge < -0.3 is 5.32 Å². The maximum absolute atomic E-state index is 11.6. The molecule has 2 aliphatic heterocycles. The number of hydrogen-bond donors (Lipinski definition) is 1. The molecule has 0 spiro atoms. The summed E-state index contributed by atoms with van der Waals surface area (Å²) < 4.78 is 24.9. The van der Waals surface area contributed by atoms with Gasteiger partial charge in [0.25, 0.3) is 0 Å². The van der Waals surface area contributed by atoms with Crippen molar-refractivity contribution in [3.63, 3.8) is 0 Å². The van der Waals surface area contributed by atoms with E-state index in [4.69, 9.17) is 0 Å². The Morgan fingerprint density at radius 3 is 2.50 bits per heavy atom. The quantitative estimate of drug-likeness (QED) is 0.840. The van der Waals surface area contributed by atoms with E-state index in [2.05, 4.69) is 19.2 Å². The first kappa shape index (κ1) is 14.3. The van der Waals surface area contributed by atoms with Crippen molar-refractivity contribution >= 4 is 10.0 Å². The average molecular weight is 274 g/mol. The smallest absolute Gasteiger partial charge is 0.211 e. The van der Waals surface area contributed by atoms with Crippen molar-refractivity contribution in [1.29, 1.82) is 0 Å². The Labute approximate surface area is 111 Å². The minimum atomic E-state index is -3.01. The molecule has 5 heteroatoms. The number of nitrogens with zero attached hydrogens (tertiary/aromatic N) is 1. The molecule has 106 valence electrons. The molecule has 2 saturated heterocycles. The van der Waals surface area contributed by atoms with E-state index >= 15 is 0 Å². The Balaban J connectivity index is 1.98. The molecule has 2 fully saturated rings. The standard InChI is InChI=1S/C13H26N2O2S/c1-11(2)13(9-14-10-13)7-12-5-4-6-15(8-12)18(3,16)17/h11-12,14H,4-10H2,1-3H3. The second-order valence-electron chi connectivity index (χ2n) is 6.45. The fourth-order valence-corrected chi connectivity index (χ4v) is 4.25. The summed E-state index contributed by atoms with van der Waals surface area (Å²) in [5, 5.41) is 3.38. The van der Waals surface area contributed by atoms with E-state index in [0.29, 0.717) is 23.8 Å². The van der Waals surface area contributed by atoms with Gasteiger partial charge in [0.2, 0.25) is 10.0 Å². The summed E-state index contributed by atoms with van der Waals surface area (Å²) in [5.41, 5.74) is 0.408. The zero-order chi connectivity index (χ0) is 13.4. The molecule has 2 aliphatic rings. The maximum Gasteiger partial charge on any atom is 0.211 e. The zero-order valence-electron chi connectivity index (χ0n) is 11.8. The molecule has 0 amide bonds. The number of hydrogen-bond acceptors (Lipinski definition) is 3. The van der Waals surface area contributed by atoms with Crippen LogP contribution in [0.25, 0.3) is 0 Å². The van der Waals surface area contributed by atoms with Gasteiger partial charge in [0.15, 0.2) is 0 Å². The van der Waals surface area contributed by atoms with E-state index in [-0.39, 0.29) is 0 Å². The third kappa shape index (κ3) is 2.89. The SMILES string of the molecule is CC(C)C1(CC2CCCN(S(C)(=O)=O)C2)CNC1. The van der Waals surface area contributed by atoms with Gasteiger partial charge in [0.05, 0.1) is 6.26 Å². The molecule has 1 unspecified atom stereocenters. The largest absolute Gasteiger partial charge is 0.316 e. The van der Waals surface area contributed by atoms with Crippen LogP contribution < -0.4 is 5.32 Å². The van der Waals surface area contributed by atoms with Crippen molar-refractivity contribution in [2.45, 2.75) is 33.1 Å². The Hall–Kier alpha value is -0.130. The Kier molecular flexibility index (Phi) is 4.04. The van der Waals surface area contributed by atoms with Crippen LogP contribution in [0.4, 0.5) is 0 Å². The number of piperidine rings is 1. The highest BCUT2D eigenvalue weighted by molar-refractivity contribution is 7.88. The van der Waals surface area contributed by atoms with Gasteiger partial charge >= 0.3 is 0 Å². The molecule has 2 rings (SSSR count). The van der Waals surface area contributed by atoms with Gasteiger partial charge in [-0.1, -0.05) is 13.8 Å². The van der Waals surface area contributed by atoms with Crippen LogP contribution in [-0.4, -0.2) is 45.2 Å². The number of sulfonamides is 1. The van der Waals surface area contributed by atoms with Gasteiger partial charge in [-0.05, 0) is 36.5 Å². The second kappa shape index (κ2) is 5.10.